The topological polar surface area (TPSA) is 9.72 Å². The van der Waals surface area contributed by atoms with E-state index in [1.165, 1.54) is 57.8 Å². The molecule has 0 radical (unpaired) electrons. The maximum absolute atomic E-state index is 2.99. The van der Waals surface area contributed by atoms with E-state index in [-0.39, 0.29) is 0 Å². The minimum atomic E-state index is 0.425. The van der Waals surface area contributed by atoms with Crippen molar-refractivity contribution < 1.29 is 0 Å². The van der Waals surface area contributed by atoms with Gasteiger partial charge in [0.25, 0.3) is 0 Å². The number of hydrogen-bond acceptors (Lipinski definition) is 3. The van der Waals surface area contributed by atoms with Crippen molar-refractivity contribution in [1.82, 2.24) is 14.7 Å². The van der Waals surface area contributed by atoms with E-state index in [9.17, 15) is 0 Å². The van der Waals surface area contributed by atoms with Crippen LogP contribution < -0.4 is 0 Å². The second kappa shape index (κ2) is 3.99. The first-order chi connectivity index (χ1) is 9.57. The third-order valence-corrected chi connectivity index (χ3v) is 6.94. The second-order valence-corrected chi connectivity index (χ2v) is 7.79. The van der Waals surface area contributed by atoms with Gasteiger partial charge >= 0.3 is 0 Å². The lowest BCUT2D eigenvalue weighted by Crippen LogP contribution is -2.75. The fraction of sp³-hybridized carbons (Fsp3) is 1.00. The Morgan fingerprint density at radius 3 is 1.55 bits per heavy atom. The van der Waals surface area contributed by atoms with Crippen molar-refractivity contribution in [2.24, 2.45) is 0 Å². The van der Waals surface area contributed by atoms with Gasteiger partial charge in [-0.2, -0.15) is 0 Å². The summed E-state index contributed by atoms with van der Waals surface area (Å²) in [5.41, 5.74) is 1.28. The van der Waals surface area contributed by atoms with Crippen molar-refractivity contribution in [1.29, 1.82) is 0 Å². The van der Waals surface area contributed by atoms with Gasteiger partial charge < -0.3 is 0 Å². The lowest BCUT2D eigenvalue weighted by atomic mass is 10.0. The molecule has 0 N–H and O–H groups in total. The molecule has 0 aromatic carbocycles. The average Bonchev–Trinajstić information content (AvgIpc) is 3.33. The third kappa shape index (κ3) is 1.42. The molecule has 114 valence electrons. The van der Waals surface area contributed by atoms with Gasteiger partial charge in [0.05, 0.1) is 17.0 Å². The summed E-state index contributed by atoms with van der Waals surface area (Å²) >= 11 is 0. The van der Waals surface area contributed by atoms with E-state index in [0.717, 1.165) is 6.04 Å². The lowest BCUT2D eigenvalue weighted by Gasteiger charge is -2.61. The van der Waals surface area contributed by atoms with E-state index in [2.05, 4.69) is 42.6 Å². The molecule has 4 fully saturated rings. The molecule has 1 saturated heterocycles. The first kappa shape index (κ1) is 13.5. The van der Waals surface area contributed by atoms with Gasteiger partial charge in [-0.25, -0.2) is 0 Å². The van der Waals surface area contributed by atoms with Crippen LogP contribution in [0.15, 0.2) is 0 Å². The molecule has 1 aliphatic heterocycles. The van der Waals surface area contributed by atoms with Crippen molar-refractivity contribution >= 4 is 0 Å². The van der Waals surface area contributed by atoms with Crippen molar-refractivity contribution in [2.45, 2.75) is 94.7 Å². The summed E-state index contributed by atoms with van der Waals surface area (Å²) in [5.74, 6) is 0. The largest absolute Gasteiger partial charge is 0.270 e. The van der Waals surface area contributed by atoms with Crippen molar-refractivity contribution in [3.05, 3.63) is 0 Å². The maximum atomic E-state index is 2.99. The summed E-state index contributed by atoms with van der Waals surface area (Å²) < 4.78 is 0. The highest BCUT2D eigenvalue weighted by atomic mass is 15.7. The highest BCUT2D eigenvalue weighted by molar-refractivity contribution is 5.25. The van der Waals surface area contributed by atoms with Gasteiger partial charge in [-0.15, -0.1) is 0 Å². The Morgan fingerprint density at radius 2 is 1.25 bits per heavy atom. The smallest absolute Gasteiger partial charge is 0.0769 e. The summed E-state index contributed by atoms with van der Waals surface area (Å²) in [5, 5.41) is 0. The Hall–Kier alpha value is -0.120. The monoisotopic (exact) mass is 277 g/mol. The van der Waals surface area contributed by atoms with E-state index in [1.807, 2.05) is 0 Å². The molecule has 1 unspecified atom stereocenters. The van der Waals surface area contributed by atoms with Crippen molar-refractivity contribution in [3.63, 3.8) is 0 Å². The summed E-state index contributed by atoms with van der Waals surface area (Å²) in [7, 11) is 4.83. The van der Waals surface area contributed by atoms with E-state index < -0.39 is 0 Å². The van der Waals surface area contributed by atoms with Gasteiger partial charge in [-0.05, 0) is 65.5 Å². The van der Waals surface area contributed by atoms with Crippen LogP contribution >= 0.6 is 0 Å². The van der Waals surface area contributed by atoms with Gasteiger partial charge in [-0.3, -0.25) is 14.7 Å². The molecule has 4 aliphatic rings. The van der Waals surface area contributed by atoms with Crippen LogP contribution in [0.2, 0.25) is 0 Å². The van der Waals surface area contributed by atoms with Gasteiger partial charge in [-0.1, -0.05) is 20.3 Å². The molecule has 3 heteroatoms. The van der Waals surface area contributed by atoms with Crippen LogP contribution in [0.5, 0.6) is 0 Å². The highest BCUT2D eigenvalue weighted by Crippen LogP contribution is 2.68. The van der Waals surface area contributed by atoms with Crippen LogP contribution in [0.25, 0.3) is 0 Å². The van der Waals surface area contributed by atoms with Crippen LogP contribution in [-0.2, 0) is 0 Å². The SMILES string of the molecule is CCCC(CC)N1C2(CC2)N(C)C2(CC2)N(C)C12CC2. The Bertz CT molecular complexity index is 378. The molecule has 3 aliphatic carbocycles. The minimum Gasteiger partial charge on any atom is -0.270 e. The molecule has 3 spiro atoms. The molecule has 3 nitrogen and oxygen atoms in total. The Kier molecular flexibility index (Phi) is 2.70. The molecular weight excluding hydrogens is 246 g/mol. The maximum Gasteiger partial charge on any atom is 0.0769 e. The number of hydrogen-bond donors (Lipinski definition) is 0. The van der Waals surface area contributed by atoms with Crippen LogP contribution in [0.1, 0.15) is 71.6 Å². The zero-order chi connectivity index (χ0) is 14.2. The molecule has 3 saturated carbocycles. The average molecular weight is 277 g/mol. The first-order valence-corrected chi connectivity index (χ1v) is 8.85. The Morgan fingerprint density at radius 1 is 0.800 bits per heavy atom. The highest BCUT2D eigenvalue weighted by Gasteiger charge is 2.76. The second-order valence-electron chi connectivity index (χ2n) is 7.79. The summed E-state index contributed by atoms with van der Waals surface area (Å²) in [6, 6.07) is 0.783. The quantitative estimate of drug-likeness (QED) is 0.781. The summed E-state index contributed by atoms with van der Waals surface area (Å²) in [4.78, 5) is 8.55. The van der Waals surface area contributed by atoms with E-state index in [1.54, 1.807) is 0 Å². The molecule has 4 rings (SSSR count). The molecule has 0 aromatic heterocycles. The predicted octanol–water partition coefficient (Wildman–Crippen LogP) is 3.21. The lowest BCUT2D eigenvalue weighted by molar-refractivity contribution is -0.211. The van der Waals surface area contributed by atoms with Crippen LogP contribution in [-0.4, -0.2) is 51.8 Å². The summed E-state index contributed by atoms with van der Waals surface area (Å²) in [6.45, 7) is 4.75. The minimum absolute atomic E-state index is 0.425. The van der Waals surface area contributed by atoms with Crippen LogP contribution in [0.4, 0.5) is 0 Å². The van der Waals surface area contributed by atoms with Crippen LogP contribution in [0, 0.1) is 0 Å². The first-order valence-electron chi connectivity index (χ1n) is 8.85. The molecule has 1 heterocycles. The van der Waals surface area contributed by atoms with Crippen molar-refractivity contribution in [2.75, 3.05) is 14.1 Å². The normalized spacial score (nSPS) is 34.8. The number of nitrogens with zero attached hydrogens (tertiary/aromatic N) is 3. The zero-order valence-corrected chi connectivity index (χ0v) is 13.8. The fourth-order valence-electron chi connectivity index (χ4n) is 5.40. The van der Waals surface area contributed by atoms with Crippen molar-refractivity contribution in [3.8, 4) is 0 Å². The molecule has 20 heavy (non-hydrogen) atoms. The molecule has 0 aromatic rings. The van der Waals surface area contributed by atoms with Crippen LogP contribution in [0.3, 0.4) is 0 Å². The van der Waals surface area contributed by atoms with Gasteiger partial charge in [0.2, 0.25) is 0 Å². The molecular formula is C17H31N3. The van der Waals surface area contributed by atoms with E-state index >= 15 is 0 Å². The van der Waals surface area contributed by atoms with E-state index in [0.29, 0.717) is 17.0 Å². The fourth-order valence-corrected chi connectivity index (χ4v) is 5.40. The molecule has 1 atom stereocenters. The number of rotatable bonds is 4. The summed E-state index contributed by atoms with van der Waals surface area (Å²) in [6.07, 6.45) is 12.4. The standard InChI is InChI=1S/C17H31N3/c1-5-7-14(6-2)20-16(10-11-16)18(3)15(8-9-15)19(4)17(20)12-13-17/h14H,5-13H2,1-4H3. The molecule has 0 amide bonds. The molecule has 0 bridgehead atoms. The van der Waals surface area contributed by atoms with Gasteiger partial charge in [0.15, 0.2) is 0 Å². The predicted molar refractivity (Wildman–Crippen MR) is 82.2 cm³/mol. The van der Waals surface area contributed by atoms with Gasteiger partial charge in [0, 0.05) is 6.04 Å². The zero-order valence-electron chi connectivity index (χ0n) is 13.8. The van der Waals surface area contributed by atoms with Gasteiger partial charge in [0.1, 0.15) is 0 Å². The Labute approximate surface area is 124 Å². The third-order valence-electron chi connectivity index (χ3n) is 6.94. The Balaban J connectivity index is 1.73. The van der Waals surface area contributed by atoms with E-state index in [4.69, 9.17) is 0 Å².